The molecule has 0 heterocycles. The van der Waals surface area contributed by atoms with E-state index in [1.807, 2.05) is 0 Å². The van der Waals surface area contributed by atoms with Crippen LogP contribution in [0, 0.1) is 17.6 Å². The third kappa shape index (κ3) is 3.28. The summed E-state index contributed by atoms with van der Waals surface area (Å²) in [6, 6.07) is 2.94. The minimum atomic E-state index is -4.28. The maximum absolute atomic E-state index is 13.6. The van der Waals surface area contributed by atoms with Gasteiger partial charge in [-0.1, -0.05) is 6.07 Å². The van der Waals surface area contributed by atoms with Gasteiger partial charge >= 0.3 is 0 Å². The van der Waals surface area contributed by atoms with Gasteiger partial charge in [0.1, 0.15) is 11.6 Å². The van der Waals surface area contributed by atoms with E-state index in [-0.39, 0.29) is 24.9 Å². The van der Waals surface area contributed by atoms with Crippen molar-refractivity contribution in [2.75, 3.05) is 6.54 Å². The molecule has 0 aromatic heterocycles. The van der Waals surface area contributed by atoms with E-state index in [4.69, 9.17) is 5.73 Å². The van der Waals surface area contributed by atoms with Crippen molar-refractivity contribution < 1.29 is 17.2 Å². The number of hydrogen-bond acceptors (Lipinski definition) is 3. The van der Waals surface area contributed by atoms with Crippen LogP contribution in [0.5, 0.6) is 0 Å². The van der Waals surface area contributed by atoms with Crippen LogP contribution in [-0.4, -0.2) is 20.5 Å². The third-order valence-electron chi connectivity index (χ3n) is 3.46. The Bertz CT molecular complexity index is 573. The average Bonchev–Trinajstić information content (AvgIpc) is 3.11. The van der Waals surface area contributed by atoms with Crippen molar-refractivity contribution in [3.05, 3.63) is 29.8 Å². The standard InChI is InChI=1S/C12H16F2N2O2S.ClH/c1-12(7-15,8-5-6-8)16-19(17,18)11-9(13)3-2-4-10(11)14;/h2-4,8,16H,5-7,15H2,1H3;1H. The minimum absolute atomic E-state index is 0. The predicted octanol–water partition coefficient (Wildman–Crippen LogP) is 1.79. The Kier molecular flexibility index (Phi) is 5.13. The molecule has 1 saturated carbocycles. The van der Waals surface area contributed by atoms with E-state index >= 15 is 0 Å². The lowest BCUT2D eigenvalue weighted by atomic mass is 9.98. The highest BCUT2D eigenvalue weighted by Crippen LogP contribution is 2.40. The molecular formula is C12H17ClF2N2O2S. The highest BCUT2D eigenvalue weighted by molar-refractivity contribution is 7.89. The quantitative estimate of drug-likeness (QED) is 0.866. The molecule has 20 heavy (non-hydrogen) atoms. The Balaban J connectivity index is 0.00000200. The molecule has 0 amide bonds. The van der Waals surface area contributed by atoms with Crippen LogP contribution < -0.4 is 10.5 Å². The zero-order valence-electron chi connectivity index (χ0n) is 10.9. The molecule has 1 aliphatic rings. The van der Waals surface area contributed by atoms with Crippen LogP contribution >= 0.6 is 12.4 Å². The molecule has 1 unspecified atom stereocenters. The Labute approximate surface area is 123 Å². The van der Waals surface area contributed by atoms with Gasteiger partial charge in [-0.3, -0.25) is 0 Å². The van der Waals surface area contributed by atoms with Crippen molar-refractivity contribution in [2.45, 2.75) is 30.2 Å². The number of nitrogens with two attached hydrogens (primary N) is 1. The molecule has 114 valence electrons. The molecular weight excluding hydrogens is 310 g/mol. The van der Waals surface area contributed by atoms with Crippen molar-refractivity contribution in [1.82, 2.24) is 4.72 Å². The largest absolute Gasteiger partial charge is 0.329 e. The van der Waals surface area contributed by atoms with E-state index in [1.165, 1.54) is 0 Å². The van der Waals surface area contributed by atoms with Gasteiger partial charge in [-0.25, -0.2) is 21.9 Å². The van der Waals surface area contributed by atoms with Gasteiger partial charge in [0.05, 0.1) is 0 Å². The topological polar surface area (TPSA) is 72.2 Å². The highest BCUT2D eigenvalue weighted by Gasteiger charge is 2.44. The van der Waals surface area contributed by atoms with Gasteiger partial charge in [0.15, 0.2) is 4.90 Å². The fraction of sp³-hybridized carbons (Fsp3) is 0.500. The summed E-state index contributed by atoms with van der Waals surface area (Å²) in [7, 11) is -4.28. The highest BCUT2D eigenvalue weighted by atomic mass is 35.5. The third-order valence-corrected chi connectivity index (χ3v) is 5.12. The lowest BCUT2D eigenvalue weighted by molar-refractivity contribution is 0.372. The Morgan fingerprint density at radius 2 is 1.85 bits per heavy atom. The van der Waals surface area contributed by atoms with Crippen LogP contribution in [0.4, 0.5) is 8.78 Å². The van der Waals surface area contributed by atoms with Gasteiger partial charge < -0.3 is 5.73 Å². The number of sulfonamides is 1. The van der Waals surface area contributed by atoms with Crippen molar-refractivity contribution in [3.63, 3.8) is 0 Å². The number of nitrogens with one attached hydrogen (secondary N) is 1. The molecule has 1 aromatic rings. The number of hydrogen-bond donors (Lipinski definition) is 2. The molecule has 3 N–H and O–H groups in total. The van der Waals surface area contributed by atoms with Crippen LogP contribution in [0.2, 0.25) is 0 Å². The molecule has 1 fully saturated rings. The van der Waals surface area contributed by atoms with Crippen molar-refractivity contribution >= 4 is 22.4 Å². The minimum Gasteiger partial charge on any atom is -0.329 e. The molecule has 0 saturated heterocycles. The van der Waals surface area contributed by atoms with E-state index in [9.17, 15) is 17.2 Å². The molecule has 0 radical (unpaired) electrons. The van der Waals surface area contributed by atoms with Crippen molar-refractivity contribution in [3.8, 4) is 0 Å². The molecule has 1 atom stereocenters. The first-order chi connectivity index (χ1) is 8.80. The fourth-order valence-electron chi connectivity index (χ4n) is 2.11. The van der Waals surface area contributed by atoms with Gasteiger partial charge in [0.25, 0.3) is 0 Å². The molecule has 4 nitrogen and oxygen atoms in total. The zero-order valence-corrected chi connectivity index (χ0v) is 12.5. The summed E-state index contributed by atoms with van der Waals surface area (Å²) in [5.41, 5.74) is 4.73. The van der Waals surface area contributed by atoms with Gasteiger partial charge in [-0.2, -0.15) is 0 Å². The van der Waals surface area contributed by atoms with Crippen LogP contribution in [0.3, 0.4) is 0 Å². The van der Waals surface area contributed by atoms with E-state index in [1.54, 1.807) is 6.92 Å². The maximum Gasteiger partial charge on any atom is 0.246 e. The van der Waals surface area contributed by atoms with Crippen LogP contribution in [-0.2, 0) is 10.0 Å². The van der Waals surface area contributed by atoms with Gasteiger partial charge in [0, 0.05) is 12.1 Å². The van der Waals surface area contributed by atoms with Crippen molar-refractivity contribution in [1.29, 1.82) is 0 Å². The fourth-order valence-corrected chi connectivity index (χ4v) is 3.72. The van der Waals surface area contributed by atoms with Crippen molar-refractivity contribution in [2.24, 2.45) is 11.7 Å². The zero-order chi connectivity index (χ0) is 14.3. The molecule has 2 rings (SSSR count). The maximum atomic E-state index is 13.6. The van der Waals surface area contributed by atoms with Crippen LogP contribution in [0.25, 0.3) is 0 Å². The number of benzene rings is 1. The van der Waals surface area contributed by atoms with E-state index < -0.39 is 32.1 Å². The normalized spacial score (nSPS) is 18.2. The monoisotopic (exact) mass is 326 g/mol. The molecule has 0 aliphatic heterocycles. The second-order valence-corrected chi connectivity index (χ2v) is 6.67. The van der Waals surface area contributed by atoms with E-state index in [2.05, 4.69) is 4.72 Å². The second-order valence-electron chi connectivity index (χ2n) is 5.05. The number of halogens is 3. The molecule has 8 heteroatoms. The summed E-state index contributed by atoms with van der Waals surface area (Å²) >= 11 is 0. The van der Waals surface area contributed by atoms with E-state index in [0.717, 1.165) is 31.0 Å². The Morgan fingerprint density at radius 3 is 2.25 bits per heavy atom. The predicted molar refractivity (Wildman–Crippen MR) is 74.1 cm³/mol. The summed E-state index contributed by atoms with van der Waals surface area (Å²) in [6.45, 7) is 1.73. The first kappa shape index (κ1) is 17.3. The molecule has 0 bridgehead atoms. The summed E-state index contributed by atoms with van der Waals surface area (Å²) in [4.78, 5) is -0.949. The Hall–Kier alpha value is -0.760. The van der Waals surface area contributed by atoms with Crippen LogP contribution in [0.1, 0.15) is 19.8 Å². The molecule has 1 aromatic carbocycles. The number of rotatable bonds is 5. The van der Waals surface area contributed by atoms with Gasteiger partial charge in [-0.15, -0.1) is 12.4 Å². The second kappa shape index (κ2) is 5.93. The summed E-state index contributed by atoms with van der Waals surface area (Å²) < 4.78 is 53.7. The molecule has 0 spiro atoms. The van der Waals surface area contributed by atoms with Gasteiger partial charge in [-0.05, 0) is 37.8 Å². The smallest absolute Gasteiger partial charge is 0.246 e. The summed E-state index contributed by atoms with van der Waals surface area (Å²) in [5, 5.41) is 0. The van der Waals surface area contributed by atoms with E-state index in [0.29, 0.717) is 0 Å². The van der Waals surface area contributed by atoms with Crippen LogP contribution in [0.15, 0.2) is 23.1 Å². The van der Waals surface area contributed by atoms with Gasteiger partial charge in [0.2, 0.25) is 10.0 Å². The first-order valence-electron chi connectivity index (χ1n) is 5.98. The average molecular weight is 327 g/mol. The summed E-state index contributed by atoms with van der Waals surface area (Å²) in [5.74, 6) is -2.10. The lowest BCUT2D eigenvalue weighted by Crippen LogP contribution is -2.53. The lowest BCUT2D eigenvalue weighted by Gasteiger charge is -2.29. The molecule has 1 aliphatic carbocycles. The first-order valence-corrected chi connectivity index (χ1v) is 7.46. The SMILES string of the molecule is CC(CN)(NS(=O)(=O)c1c(F)cccc1F)C1CC1.Cl. The summed E-state index contributed by atoms with van der Waals surface area (Å²) in [6.07, 6.45) is 1.71. The Morgan fingerprint density at radius 1 is 1.35 bits per heavy atom.